The first-order valence-corrected chi connectivity index (χ1v) is 29.3. The van der Waals surface area contributed by atoms with Gasteiger partial charge < -0.3 is 9.13 Å². The fraction of sp³-hybridized carbons (Fsp3) is 0.342. The lowest BCUT2D eigenvalue weighted by molar-refractivity contribution is 0.590. The molecule has 0 radical (unpaired) electrons. The fourth-order valence-corrected chi connectivity index (χ4v) is 14.8. The van der Waals surface area contributed by atoms with Crippen LogP contribution in [-0.2, 0) is 32.5 Å². The molecule has 8 aromatic carbocycles. The molecule has 5 heteroatoms. The third kappa shape index (κ3) is 6.78. The Morgan fingerprint density at radius 2 is 0.615 bits per heavy atom. The molecule has 4 aliphatic heterocycles. The van der Waals surface area contributed by atoms with Gasteiger partial charge in [-0.3, -0.25) is 0 Å². The second-order valence-electron chi connectivity index (χ2n) is 30.7. The van der Waals surface area contributed by atoms with Crippen molar-refractivity contribution in [2.45, 2.75) is 164 Å². The maximum atomic E-state index is 2.84. The predicted octanol–water partition coefficient (Wildman–Crippen LogP) is 12.4. The minimum absolute atomic E-state index is 0.0117. The molecule has 0 bridgehead atoms. The number of aromatic nitrogens is 2. The molecule has 0 N–H and O–H groups in total. The quantitative estimate of drug-likeness (QED) is 0.156. The summed E-state index contributed by atoms with van der Waals surface area (Å²) in [6.07, 6.45) is 0. The van der Waals surface area contributed by atoms with E-state index in [0.29, 0.717) is 0 Å². The molecule has 10 aromatic rings. The Labute approximate surface area is 466 Å². The van der Waals surface area contributed by atoms with Gasteiger partial charge in [-0.2, -0.15) is 0 Å². The zero-order valence-electron chi connectivity index (χ0n) is 50.2. The normalized spacial score (nSPS) is 14.8. The van der Waals surface area contributed by atoms with E-state index in [1.807, 2.05) is 0 Å². The third-order valence-corrected chi connectivity index (χ3v) is 19.1. The summed E-state index contributed by atoms with van der Waals surface area (Å²) in [5, 5.41) is 5.54. The Bertz CT molecular complexity index is 4050. The van der Waals surface area contributed by atoms with E-state index in [1.54, 1.807) is 0 Å². The number of rotatable bonds is 3. The largest absolute Gasteiger partial charge is 0.311 e. The smallest absolute Gasteiger partial charge is 0.252 e. The summed E-state index contributed by atoms with van der Waals surface area (Å²) in [5.74, 6) is 0. The molecule has 2 nitrogen and oxygen atoms in total. The van der Waals surface area contributed by atoms with Crippen molar-refractivity contribution in [1.29, 1.82) is 0 Å². The maximum absolute atomic E-state index is 2.84. The van der Waals surface area contributed by atoms with Crippen LogP contribution in [0.3, 0.4) is 0 Å². The molecule has 0 saturated heterocycles. The van der Waals surface area contributed by atoms with Crippen molar-refractivity contribution in [3.63, 3.8) is 0 Å². The molecule has 0 aliphatic carbocycles. The second kappa shape index (κ2) is 15.5. The van der Waals surface area contributed by atoms with Crippen molar-refractivity contribution < 1.29 is 0 Å². The summed E-state index contributed by atoms with van der Waals surface area (Å²) in [6.45, 7) is 45.3. The average Bonchev–Trinajstić information content (AvgIpc) is 1.63. The molecule has 4 aliphatic rings. The minimum Gasteiger partial charge on any atom is -0.311 e. The Hall–Kier alpha value is -6.45. The SMILES string of the molecule is Cc1cccc(-c2c3c4c5c6c2B(c2ccc(C(C)(C)C)cc2)c2cc(C(C)(C)C)cc7c8cc(C(C)(C)C)cc(c8n-6c27)B5c2cc(C(C)(C)C)cc5c6cc(C(C)(C)C)cc(c6n-4c25)B3c2ccc(C(C)(C)C)cc2)c1. The highest BCUT2D eigenvalue weighted by Crippen LogP contribution is 2.46. The Balaban J connectivity index is 1.31. The van der Waals surface area contributed by atoms with E-state index in [4.69, 9.17) is 0 Å². The predicted molar refractivity (Wildman–Crippen MR) is 344 cm³/mol. The summed E-state index contributed by atoms with van der Waals surface area (Å²) in [5.41, 5.74) is 33.1. The highest BCUT2D eigenvalue weighted by Gasteiger charge is 2.52. The molecule has 0 atom stereocenters. The highest BCUT2D eigenvalue weighted by atomic mass is 15.0. The van der Waals surface area contributed by atoms with Gasteiger partial charge in [0.25, 0.3) is 6.71 Å². The second-order valence-corrected chi connectivity index (χ2v) is 30.7. The minimum atomic E-state index is -0.0940. The van der Waals surface area contributed by atoms with Crippen molar-refractivity contribution in [2.75, 3.05) is 0 Å². The summed E-state index contributed by atoms with van der Waals surface area (Å²) in [6, 6.07) is 50.5. The van der Waals surface area contributed by atoms with Crippen LogP contribution in [0.25, 0.3) is 66.1 Å². The lowest BCUT2D eigenvalue weighted by Crippen LogP contribution is -2.70. The molecule has 2 aromatic heterocycles. The molecule has 0 amide bonds. The van der Waals surface area contributed by atoms with Gasteiger partial charge in [-0.1, -0.05) is 238 Å². The van der Waals surface area contributed by atoms with Crippen LogP contribution in [0.4, 0.5) is 0 Å². The van der Waals surface area contributed by atoms with Gasteiger partial charge in [-0.05, 0) is 146 Å². The van der Waals surface area contributed by atoms with Crippen LogP contribution >= 0.6 is 0 Å². The Kier molecular flexibility index (Phi) is 9.88. The maximum Gasteiger partial charge on any atom is 0.252 e. The van der Waals surface area contributed by atoms with Gasteiger partial charge in [0.2, 0.25) is 13.4 Å². The first-order valence-electron chi connectivity index (χ1n) is 29.3. The van der Waals surface area contributed by atoms with Gasteiger partial charge in [0, 0.05) is 55.0 Å². The lowest BCUT2D eigenvalue weighted by Gasteiger charge is -2.44. The van der Waals surface area contributed by atoms with Crippen molar-refractivity contribution in [3.8, 4) is 22.5 Å². The molecule has 0 fully saturated rings. The summed E-state index contributed by atoms with van der Waals surface area (Å²) in [4.78, 5) is 0. The van der Waals surface area contributed by atoms with Crippen LogP contribution < -0.4 is 49.2 Å². The van der Waals surface area contributed by atoms with E-state index in [-0.39, 0.29) is 52.6 Å². The van der Waals surface area contributed by atoms with Crippen LogP contribution in [0.5, 0.6) is 0 Å². The number of hydrogen-bond donors (Lipinski definition) is 0. The first-order chi connectivity index (χ1) is 36.4. The topological polar surface area (TPSA) is 9.86 Å². The molecular weight excluding hydrogens is 937 g/mol. The number of hydrogen-bond acceptors (Lipinski definition) is 0. The van der Waals surface area contributed by atoms with Crippen molar-refractivity contribution in [1.82, 2.24) is 9.13 Å². The van der Waals surface area contributed by atoms with Gasteiger partial charge in [-0.15, -0.1) is 0 Å². The Morgan fingerprint density at radius 1 is 0.308 bits per heavy atom. The van der Waals surface area contributed by atoms with Crippen molar-refractivity contribution in [3.05, 3.63) is 160 Å². The number of nitrogens with zero attached hydrogens (tertiary/aromatic N) is 2. The van der Waals surface area contributed by atoms with Crippen molar-refractivity contribution >= 4 is 113 Å². The molecule has 0 unspecified atom stereocenters. The van der Waals surface area contributed by atoms with E-state index in [2.05, 4.69) is 262 Å². The van der Waals surface area contributed by atoms with Crippen LogP contribution in [-0.4, -0.2) is 29.3 Å². The van der Waals surface area contributed by atoms with Gasteiger partial charge in [0.05, 0.1) is 0 Å². The van der Waals surface area contributed by atoms with Crippen LogP contribution in [0.15, 0.2) is 121 Å². The molecule has 0 spiro atoms. The average molecular weight is 1010 g/mol. The highest BCUT2D eigenvalue weighted by molar-refractivity contribution is 7.07. The van der Waals surface area contributed by atoms with E-state index >= 15 is 0 Å². The van der Waals surface area contributed by atoms with Crippen LogP contribution in [0.1, 0.15) is 164 Å². The van der Waals surface area contributed by atoms with Crippen LogP contribution in [0, 0.1) is 6.92 Å². The molecule has 0 saturated carbocycles. The molecule has 6 heterocycles. The van der Waals surface area contributed by atoms with E-state index in [9.17, 15) is 0 Å². The van der Waals surface area contributed by atoms with Gasteiger partial charge in [-0.25, -0.2) is 0 Å². The molecule has 14 rings (SSSR count). The lowest BCUT2D eigenvalue weighted by atomic mass is 9.26. The van der Waals surface area contributed by atoms with Crippen LogP contribution in [0.2, 0.25) is 0 Å². The van der Waals surface area contributed by atoms with Gasteiger partial charge in [0.1, 0.15) is 0 Å². The van der Waals surface area contributed by atoms with Gasteiger partial charge >= 0.3 is 0 Å². The summed E-state index contributed by atoms with van der Waals surface area (Å²) in [7, 11) is 0. The first kappa shape index (κ1) is 49.8. The monoisotopic (exact) mass is 1010 g/mol. The van der Waals surface area contributed by atoms with E-state index in [0.717, 1.165) is 0 Å². The third-order valence-electron chi connectivity index (χ3n) is 19.1. The Morgan fingerprint density at radius 3 is 0.910 bits per heavy atom. The number of benzene rings is 8. The number of aryl methyl sites for hydroxylation is 1. The zero-order valence-corrected chi connectivity index (χ0v) is 50.2. The van der Waals surface area contributed by atoms with E-state index in [1.165, 1.54) is 154 Å². The molecule has 388 valence electrons. The fourth-order valence-electron chi connectivity index (χ4n) is 14.8. The zero-order chi connectivity index (χ0) is 55.2. The summed E-state index contributed by atoms with van der Waals surface area (Å²) >= 11 is 0. The van der Waals surface area contributed by atoms with E-state index < -0.39 is 0 Å². The molecular formula is C73H77B3N2. The number of fused-ring (bicyclic) bond motifs is 4. The molecule has 78 heavy (non-hydrogen) atoms. The van der Waals surface area contributed by atoms with Gasteiger partial charge in [0.15, 0.2) is 0 Å². The summed E-state index contributed by atoms with van der Waals surface area (Å²) < 4.78 is 5.69. The van der Waals surface area contributed by atoms with Crippen molar-refractivity contribution in [2.24, 2.45) is 0 Å². The standard InChI is InChI=1S/C73H77B3N2/c1-40-21-20-22-41(31-40)58-59-66-61-67-60(58)75(49-29-25-43(26-30-49)69(5,6)7)55-37-45(71(11,12)13)33-51-53-35-47(73(17,18)19)39-57(65(53)78(67)63(51)55)76(61)56-38-46(72(14,15)16)34-52-50-32-44(70(8,9)10)36-54(62(50)77(66)64(52)56)74(59)48-27-23-42(24-28-48)68(2,3)4/h20-39H,1-19H3.